The van der Waals surface area contributed by atoms with Crippen LogP contribution in [0.4, 0.5) is 5.95 Å². The van der Waals surface area contributed by atoms with Gasteiger partial charge in [-0.3, -0.25) is 0 Å². The van der Waals surface area contributed by atoms with Crippen molar-refractivity contribution in [1.29, 1.82) is 0 Å². The van der Waals surface area contributed by atoms with Crippen molar-refractivity contribution in [1.82, 2.24) is 9.97 Å². The molecule has 3 nitrogen and oxygen atoms in total. The molecule has 1 heterocycles. The zero-order valence-corrected chi connectivity index (χ0v) is 9.04. The number of hydrogen-bond donors (Lipinski definition) is 0. The molecule has 1 saturated carbocycles. The van der Waals surface area contributed by atoms with Gasteiger partial charge in [0.05, 0.1) is 5.88 Å². The Morgan fingerprint density at radius 3 is 2.50 bits per heavy atom. The molecule has 4 heteroatoms. The van der Waals surface area contributed by atoms with Crippen molar-refractivity contribution in [2.75, 3.05) is 11.9 Å². The summed E-state index contributed by atoms with van der Waals surface area (Å²) in [5.41, 5.74) is 0.970. The number of rotatable bonds is 3. The van der Waals surface area contributed by atoms with Crippen molar-refractivity contribution in [2.45, 2.75) is 31.2 Å². The van der Waals surface area contributed by atoms with Crippen LogP contribution in [0, 0.1) is 0 Å². The third-order valence-electron chi connectivity index (χ3n) is 2.78. The lowest BCUT2D eigenvalue weighted by Crippen LogP contribution is -2.38. The maximum absolute atomic E-state index is 5.67. The van der Waals surface area contributed by atoms with Crippen molar-refractivity contribution in [3.8, 4) is 0 Å². The number of aromatic nitrogens is 2. The summed E-state index contributed by atoms with van der Waals surface area (Å²) in [7, 11) is 2.06. The molecule has 76 valence electrons. The number of nitrogens with zero attached hydrogens (tertiary/aromatic N) is 3. The van der Waals surface area contributed by atoms with Gasteiger partial charge in [-0.15, -0.1) is 11.6 Å². The zero-order valence-electron chi connectivity index (χ0n) is 8.28. The Morgan fingerprint density at radius 1 is 1.43 bits per heavy atom. The fourth-order valence-corrected chi connectivity index (χ4v) is 1.67. The number of alkyl halides is 1. The highest BCUT2D eigenvalue weighted by atomic mass is 35.5. The molecule has 0 unspecified atom stereocenters. The number of anilines is 1. The summed E-state index contributed by atoms with van der Waals surface area (Å²) < 4.78 is 0. The minimum absolute atomic E-state index is 0.480. The normalized spacial score (nSPS) is 16.4. The van der Waals surface area contributed by atoms with Gasteiger partial charge in [0.2, 0.25) is 5.95 Å². The molecule has 0 saturated heterocycles. The van der Waals surface area contributed by atoms with Crippen molar-refractivity contribution in [3.05, 3.63) is 18.0 Å². The maximum Gasteiger partial charge on any atom is 0.225 e. The minimum atomic E-state index is 0.480. The highest BCUT2D eigenvalue weighted by Gasteiger charge is 2.23. The Kier molecular flexibility index (Phi) is 2.87. The molecule has 0 bridgehead atoms. The highest BCUT2D eigenvalue weighted by Crippen LogP contribution is 2.25. The molecule has 0 atom stereocenters. The van der Waals surface area contributed by atoms with Gasteiger partial charge in [0, 0.05) is 31.0 Å². The molecular weight excluding hydrogens is 198 g/mol. The first-order valence-corrected chi connectivity index (χ1v) is 5.44. The molecule has 0 N–H and O–H groups in total. The van der Waals surface area contributed by atoms with Gasteiger partial charge in [-0.25, -0.2) is 9.97 Å². The van der Waals surface area contributed by atoms with E-state index in [1.807, 2.05) is 0 Å². The van der Waals surface area contributed by atoms with Crippen molar-refractivity contribution in [2.24, 2.45) is 0 Å². The quantitative estimate of drug-likeness (QED) is 0.718. The lowest BCUT2D eigenvalue weighted by Gasteiger charge is -2.34. The molecular formula is C10H14ClN3. The maximum atomic E-state index is 5.67. The first kappa shape index (κ1) is 9.71. The van der Waals surface area contributed by atoms with Gasteiger partial charge in [0.25, 0.3) is 0 Å². The second-order valence-corrected chi connectivity index (χ2v) is 3.99. The van der Waals surface area contributed by atoms with Crippen molar-refractivity contribution in [3.63, 3.8) is 0 Å². The van der Waals surface area contributed by atoms with E-state index in [2.05, 4.69) is 21.9 Å². The van der Waals surface area contributed by atoms with Gasteiger partial charge in [0.1, 0.15) is 0 Å². The average Bonchev–Trinajstić information content (AvgIpc) is 2.15. The summed E-state index contributed by atoms with van der Waals surface area (Å²) in [6, 6.07) is 0.636. The number of hydrogen-bond acceptors (Lipinski definition) is 3. The standard InChI is InChI=1S/C10H14ClN3/c1-14(9-3-2-4-9)10-12-6-8(5-11)7-13-10/h6-7,9H,2-5H2,1H3. The lowest BCUT2D eigenvalue weighted by molar-refractivity contribution is 0.397. The molecule has 0 spiro atoms. The second-order valence-electron chi connectivity index (χ2n) is 3.72. The Labute approximate surface area is 89.1 Å². The van der Waals surface area contributed by atoms with Crippen molar-refractivity contribution >= 4 is 17.5 Å². The molecule has 1 aliphatic carbocycles. The van der Waals surface area contributed by atoms with Gasteiger partial charge in [0.15, 0.2) is 0 Å². The highest BCUT2D eigenvalue weighted by molar-refractivity contribution is 6.17. The fraction of sp³-hybridized carbons (Fsp3) is 0.600. The van der Waals surface area contributed by atoms with E-state index in [0.717, 1.165) is 11.5 Å². The van der Waals surface area contributed by atoms with Crippen LogP contribution in [0.1, 0.15) is 24.8 Å². The van der Waals surface area contributed by atoms with Crippen LogP contribution in [0.2, 0.25) is 0 Å². The summed E-state index contributed by atoms with van der Waals surface area (Å²) in [4.78, 5) is 10.7. The summed E-state index contributed by atoms with van der Waals surface area (Å²) in [6.07, 6.45) is 7.44. The van der Waals surface area contributed by atoms with Gasteiger partial charge in [-0.05, 0) is 19.3 Å². The molecule has 1 fully saturated rings. The zero-order chi connectivity index (χ0) is 9.97. The van der Waals surface area contributed by atoms with E-state index < -0.39 is 0 Å². The van der Waals surface area contributed by atoms with Crippen LogP contribution in [0.3, 0.4) is 0 Å². The van der Waals surface area contributed by atoms with E-state index in [1.54, 1.807) is 12.4 Å². The van der Waals surface area contributed by atoms with E-state index >= 15 is 0 Å². The Hall–Kier alpha value is -0.830. The minimum Gasteiger partial charge on any atom is -0.341 e. The van der Waals surface area contributed by atoms with Crippen LogP contribution in [-0.4, -0.2) is 23.1 Å². The molecule has 1 aliphatic rings. The van der Waals surface area contributed by atoms with Crippen LogP contribution < -0.4 is 4.90 Å². The molecule has 0 aromatic carbocycles. The van der Waals surface area contributed by atoms with E-state index in [-0.39, 0.29) is 0 Å². The number of halogens is 1. The summed E-state index contributed by atoms with van der Waals surface area (Å²) in [5, 5.41) is 0. The van der Waals surface area contributed by atoms with E-state index in [4.69, 9.17) is 11.6 Å². The largest absolute Gasteiger partial charge is 0.341 e. The van der Waals surface area contributed by atoms with Gasteiger partial charge >= 0.3 is 0 Å². The summed E-state index contributed by atoms with van der Waals surface area (Å²) in [6.45, 7) is 0. The van der Waals surface area contributed by atoms with Crippen LogP contribution in [0.5, 0.6) is 0 Å². The predicted molar refractivity (Wildman–Crippen MR) is 57.6 cm³/mol. The fourth-order valence-electron chi connectivity index (χ4n) is 1.54. The van der Waals surface area contributed by atoms with Crippen LogP contribution in [0.15, 0.2) is 12.4 Å². The average molecular weight is 212 g/mol. The Bertz CT molecular complexity index is 295. The topological polar surface area (TPSA) is 29.0 Å². The van der Waals surface area contributed by atoms with E-state index in [0.29, 0.717) is 11.9 Å². The van der Waals surface area contributed by atoms with Crippen molar-refractivity contribution < 1.29 is 0 Å². The van der Waals surface area contributed by atoms with E-state index in [1.165, 1.54) is 19.3 Å². The summed E-state index contributed by atoms with van der Waals surface area (Å²) >= 11 is 5.67. The molecule has 1 aromatic heterocycles. The third kappa shape index (κ3) is 1.82. The molecule has 2 rings (SSSR count). The third-order valence-corrected chi connectivity index (χ3v) is 3.09. The second kappa shape index (κ2) is 4.13. The molecule has 0 amide bonds. The van der Waals surface area contributed by atoms with Crippen LogP contribution >= 0.6 is 11.6 Å². The van der Waals surface area contributed by atoms with Gasteiger partial charge < -0.3 is 4.90 Å². The SMILES string of the molecule is CN(c1ncc(CCl)cn1)C1CCC1. The van der Waals surface area contributed by atoms with Crippen LogP contribution in [-0.2, 0) is 5.88 Å². The Balaban J connectivity index is 2.07. The van der Waals surface area contributed by atoms with Gasteiger partial charge in [-0.2, -0.15) is 0 Å². The first-order chi connectivity index (χ1) is 6.81. The monoisotopic (exact) mass is 211 g/mol. The van der Waals surface area contributed by atoms with Crippen LogP contribution in [0.25, 0.3) is 0 Å². The molecule has 14 heavy (non-hydrogen) atoms. The van der Waals surface area contributed by atoms with Gasteiger partial charge in [-0.1, -0.05) is 0 Å². The van der Waals surface area contributed by atoms with E-state index in [9.17, 15) is 0 Å². The lowest BCUT2D eigenvalue weighted by atomic mass is 9.92. The smallest absolute Gasteiger partial charge is 0.225 e. The Morgan fingerprint density at radius 2 is 2.07 bits per heavy atom. The predicted octanol–water partition coefficient (Wildman–Crippen LogP) is 2.20. The molecule has 0 radical (unpaired) electrons. The molecule has 0 aliphatic heterocycles. The summed E-state index contributed by atoms with van der Waals surface area (Å²) in [5.74, 6) is 1.29. The molecule has 1 aromatic rings. The first-order valence-electron chi connectivity index (χ1n) is 4.91.